The van der Waals surface area contributed by atoms with Crippen LogP contribution in [-0.4, -0.2) is 40.8 Å². The number of benzene rings is 1. The molecule has 0 saturated heterocycles. The molecule has 0 aliphatic heterocycles. The fourth-order valence-corrected chi connectivity index (χ4v) is 4.03. The lowest BCUT2D eigenvalue weighted by Crippen LogP contribution is -2.22. The van der Waals surface area contributed by atoms with Crippen LogP contribution in [0.25, 0.3) is 0 Å². The third-order valence-electron chi connectivity index (χ3n) is 5.79. The van der Waals surface area contributed by atoms with Crippen molar-refractivity contribution in [3.8, 4) is 0 Å². The molecule has 3 N–H and O–H groups in total. The minimum absolute atomic E-state index is 0.0311. The van der Waals surface area contributed by atoms with Crippen LogP contribution in [0.5, 0.6) is 0 Å². The third kappa shape index (κ3) is 8.91. The topological polar surface area (TPSA) is 69.6 Å². The number of halogens is 2. The summed E-state index contributed by atoms with van der Waals surface area (Å²) in [6, 6.07) is 9.17. The van der Waals surface area contributed by atoms with Crippen molar-refractivity contribution in [2.75, 3.05) is 6.54 Å². The molecule has 0 aromatic heterocycles. The highest BCUT2D eigenvalue weighted by Crippen LogP contribution is 2.37. The molecule has 31 heavy (non-hydrogen) atoms. The van der Waals surface area contributed by atoms with Gasteiger partial charge in [-0.3, -0.25) is 4.79 Å². The van der Waals surface area contributed by atoms with Gasteiger partial charge in [0.1, 0.15) is 0 Å². The second-order valence-corrected chi connectivity index (χ2v) is 8.27. The third-order valence-corrected chi connectivity index (χ3v) is 5.79. The van der Waals surface area contributed by atoms with E-state index in [1.807, 2.05) is 49.4 Å². The second-order valence-electron chi connectivity index (χ2n) is 8.27. The van der Waals surface area contributed by atoms with Crippen LogP contribution in [0.1, 0.15) is 51.0 Å². The number of aliphatic hydroxyl groups is 2. The van der Waals surface area contributed by atoms with E-state index in [0.29, 0.717) is 19.4 Å². The number of rotatable bonds is 12. The molecule has 2 rings (SSSR count). The Morgan fingerprint density at radius 3 is 2.65 bits per heavy atom. The van der Waals surface area contributed by atoms with Gasteiger partial charge in [0.25, 0.3) is 5.92 Å². The summed E-state index contributed by atoms with van der Waals surface area (Å²) in [6.45, 7) is 2.50. The summed E-state index contributed by atoms with van der Waals surface area (Å²) in [5.74, 6) is -3.74. The molecule has 1 aromatic carbocycles. The van der Waals surface area contributed by atoms with Crippen LogP contribution in [0.15, 0.2) is 54.6 Å². The maximum absolute atomic E-state index is 14.3. The maximum Gasteiger partial charge on any atom is 0.266 e. The fourth-order valence-electron chi connectivity index (χ4n) is 4.03. The largest absolute Gasteiger partial charge is 0.393 e. The van der Waals surface area contributed by atoms with Crippen LogP contribution in [-0.2, 0) is 11.2 Å². The maximum atomic E-state index is 14.3. The minimum Gasteiger partial charge on any atom is -0.393 e. The number of carbonyl (C=O) groups excluding carboxylic acids is 1. The number of aliphatic hydroxyl groups excluding tert-OH is 2. The van der Waals surface area contributed by atoms with E-state index in [-0.39, 0.29) is 31.1 Å². The quantitative estimate of drug-likeness (QED) is 0.336. The Kier molecular flexibility index (Phi) is 10.3. The van der Waals surface area contributed by atoms with E-state index >= 15 is 0 Å². The molecule has 1 aliphatic rings. The predicted octanol–water partition coefficient (Wildman–Crippen LogP) is 4.42. The summed E-state index contributed by atoms with van der Waals surface area (Å²) in [7, 11) is 0. The lowest BCUT2D eigenvalue weighted by Gasteiger charge is -2.20. The number of nitrogens with one attached hydrogen (secondary N) is 1. The Balaban J connectivity index is 1.84. The molecule has 1 fully saturated rings. The number of aryl methyl sites for hydroxylation is 1. The van der Waals surface area contributed by atoms with E-state index in [9.17, 15) is 23.8 Å². The average Bonchev–Trinajstić information content (AvgIpc) is 3.01. The first-order valence-electron chi connectivity index (χ1n) is 11.2. The van der Waals surface area contributed by atoms with Crippen molar-refractivity contribution in [1.82, 2.24) is 5.32 Å². The number of allylic oxidation sites excluding steroid dienone is 3. The van der Waals surface area contributed by atoms with Gasteiger partial charge in [-0.1, -0.05) is 48.6 Å². The first-order chi connectivity index (χ1) is 14.8. The van der Waals surface area contributed by atoms with Gasteiger partial charge in [-0.2, -0.15) is 0 Å². The Labute approximate surface area is 184 Å². The zero-order valence-corrected chi connectivity index (χ0v) is 18.2. The van der Waals surface area contributed by atoms with Gasteiger partial charge in [0, 0.05) is 31.7 Å². The molecule has 0 radical (unpaired) electrons. The molecule has 4 nitrogen and oxygen atoms in total. The molecule has 1 amide bonds. The first-order valence-corrected chi connectivity index (χ1v) is 11.2. The van der Waals surface area contributed by atoms with Crippen molar-refractivity contribution in [3.63, 3.8) is 0 Å². The molecule has 0 bridgehead atoms. The molecule has 1 saturated carbocycles. The van der Waals surface area contributed by atoms with Gasteiger partial charge in [-0.05, 0) is 50.2 Å². The van der Waals surface area contributed by atoms with Gasteiger partial charge >= 0.3 is 0 Å². The van der Waals surface area contributed by atoms with Crippen LogP contribution in [0.4, 0.5) is 8.78 Å². The van der Waals surface area contributed by atoms with Gasteiger partial charge < -0.3 is 15.5 Å². The van der Waals surface area contributed by atoms with E-state index in [2.05, 4.69) is 5.32 Å². The molecular formula is C25H35F2NO3. The van der Waals surface area contributed by atoms with E-state index in [1.54, 1.807) is 0 Å². The number of unbranched alkanes of at least 4 members (excludes halogenated alkanes) is 1. The van der Waals surface area contributed by atoms with Gasteiger partial charge in [0.2, 0.25) is 5.91 Å². The van der Waals surface area contributed by atoms with Crippen molar-refractivity contribution in [2.24, 2.45) is 11.8 Å². The summed E-state index contributed by atoms with van der Waals surface area (Å²) in [5, 5.41) is 23.3. The fraction of sp³-hybridized carbons (Fsp3) is 0.560. The van der Waals surface area contributed by atoms with E-state index in [1.165, 1.54) is 6.08 Å². The van der Waals surface area contributed by atoms with Crippen molar-refractivity contribution in [2.45, 2.75) is 70.0 Å². The van der Waals surface area contributed by atoms with Crippen molar-refractivity contribution in [1.29, 1.82) is 0 Å². The van der Waals surface area contributed by atoms with Crippen molar-refractivity contribution < 1.29 is 23.8 Å². The van der Waals surface area contributed by atoms with E-state index in [4.69, 9.17) is 0 Å². The normalized spacial score (nSPS) is 24.3. The Hall–Kier alpha value is -2.05. The summed E-state index contributed by atoms with van der Waals surface area (Å²) in [6.07, 6.45) is 7.21. The number of hydrogen-bond donors (Lipinski definition) is 3. The number of alkyl halides is 2. The van der Waals surface area contributed by atoms with Gasteiger partial charge in [-0.15, -0.1) is 0 Å². The van der Waals surface area contributed by atoms with E-state index in [0.717, 1.165) is 24.5 Å². The Bertz CT molecular complexity index is 721. The summed E-state index contributed by atoms with van der Waals surface area (Å²) in [4.78, 5) is 11.4. The van der Waals surface area contributed by atoms with Crippen LogP contribution in [0.3, 0.4) is 0 Å². The Morgan fingerprint density at radius 1 is 1.19 bits per heavy atom. The molecular weight excluding hydrogens is 400 g/mol. The molecule has 0 heterocycles. The SMILES string of the molecule is CCNC(=O)CCC/C=C/C[C@H]1C(O)CC(O)[C@@H]1/C=C/C(F)(F)CCc1ccccc1. The summed E-state index contributed by atoms with van der Waals surface area (Å²) >= 11 is 0. The highest BCUT2D eigenvalue weighted by Gasteiger charge is 2.40. The van der Waals surface area contributed by atoms with Crippen molar-refractivity contribution in [3.05, 3.63) is 60.2 Å². The highest BCUT2D eigenvalue weighted by molar-refractivity contribution is 5.75. The molecule has 6 heteroatoms. The molecule has 1 aromatic rings. The van der Waals surface area contributed by atoms with Crippen LogP contribution >= 0.6 is 0 Å². The number of amides is 1. The van der Waals surface area contributed by atoms with Gasteiger partial charge in [0.15, 0.2) is 0 Å². The smallest absolute Gasteiger partial charge is 0.266 e. The van der Waals surface area contributed by atoms with Crippen LogP contribution in [0, 0.1) is 11.8 Å². The average molecular weight is 436 g/mol. The monoisotopic (exact) mass is 435 g/mol. The molecule has 172 valence electrons. The molecule has 4 atom stereocenters. The number of carbonyl (C=O) groups is 1. The van der Waals surface area contributed by atoms with Gasteiger partial charge in [0.05, 0.1) is 12.2 Å². The standard InChI is InChI=1S/C25H35F2NO3/c1-2-28-24(31)13-9-4-3-8-12-20-21(23(30)18-22(20)29)15-17-25(26,27)16-14-19-10-6-5-7-11-19/h3,5-8,10-11,15,17,20-23,29-30H,2,4,9,12-14,16,18H2,1H3,(H,28,31)/b8-3+,17-15+/t20-,21-,22?,23?/m1/s1. The lowest BCUT2D eigenvalue weighted by atomic mass is 9.89. The highest BCUT2D eigenvalue weighted by atomic mass is 19.3. The van der Waals surface area contributed by atoms with E-state index < -0.39 is 24.0 Å². The minimum atomic E-state index is -2.97. The van der Waals surface area contributed by atoms with Crippen LogP contribution < -0.4 is 5.32 Å². The predicted molar refractivity (Wildman–Crippen MR) is 119 cm³/mol. The summed E-state index contributed by atoms with van der Waals surface area (Å²) < 4.78 is 28.7. The second kappa shape index (κ2) is 12.7. The van der Waals surface area contributed by atoms with Gasteiger partial charge in [-0.25, -0.2) is 8.78 Å². The molecule has 1 aliphatic carbocycles. The number of hydrogen-bond acceptors (Lipinski definition) is 3. The zero-order chi connectivity index (χ0) is 22.7. The zero-order valence-electron chi connectivity index (χ0n) is 18.2. The lowest BCUT2D eigenvalue weighted by molar-refractivity contribution is -0.121. The first kappa shape index (κ1) is 25.2. The Morgan fingerprint density at radius 2 is 1.94 bits per heavy atom. The summed E-state index contributed by atoms with van der Waals surface area (Å²) in [5.41, 5.74) is 0.863. The molecule has 2 unspecified atom stereocenters. The molecule has 0 spiro atoms. The van der Waals surface area contributed by atoms with Crippen LogP contribution in [0.2, 0.25) is 0 Å². The van der Waals surface area contributed by atoms with Crippen molar-refractivity contribution >= 4 is 5.91 Å².